The maximum Gasteiger partial charge on any atom is 0.322 e. The molecule has 2 aliphatic rings. The second-order valence-corrected chi connectivity index (χ2v) is 10.3. The van der Waals surface area contributed by atoms with Gasteiger partial charge in [0.05, 0.1) is 18.3 Å². The van der Waals surface area contributed by atoms with Crippen LogP contribution < -0.4 is 5.32 Å². The van der Waals surface area contributed by atoms with Gasteiger partial charge >= 0.3 is 6.03 Å². The molecule has 0 spiro atoms. The highest BCUT2D eigenvalue weighted by molar-refractivity contribution is 7.15. The second-order valence-electron chi connectivity index (χ2n) is 8.82. The molecule has 4 nitrogen and oxygen atoms in total. The Labute approximate surface area is 206 Å². The maximum absolute atomic E-state index is 14.3. The average molecular weight is 492 g/mol. The number of carbonyl (C=O) groups is 1. The SMILES string of the molecule is O=C(Nc1cccc(Cl)c1)N1Cc2c(sc3c2CCCC3)-n2cccc2[C@H]1c1cccc(F)c1. The van der Waals surface area contributed by atoms with E-state index in [1.165, 1.54) is 39.6 Å². The Balaban J connectivity index is 1.51. The largest absolute Gasteiger partial charge is 0.322 e. The van der Waals surface area contributed by atoms with Gasteiger partial charge in [-0.15, -0.1) is 11.3 Å². The van der Waals surface area contributed by atoms with E-state index in [0.717, 1.165) is 30.5 Å². The number of urea groups is 1. The van der Waals surface area contributed by atoms with Crippen LogP contribution in [0.4, 0.5) is 14.9 Å². The zero-order chi connectivity index (χ0) is 23.2. The molecule has 1 aliphatic heterocycles. The number of halogens is 2. The van der Waals surface area contributed by atoms with Gasteiger partial charge in [0.15, 0.2) is 0 Å². The van der Waals surface area contributed by atoms with Crippen molar-refractivity contribution in [3.05, 3.63) is 105 Å². The summed E-state index contributed by atoms with van der Waals surface area (Å²) in [5.41, 5.74) is 4.90. The summed E-state index contributed by atoms with van der Waals surface area (Å²) < 4.78 is 16.5. The van der Waals surface area contributed by atoms with E-state index in [2.05, 4.69) is 16.1 Å². The fourth-order valence-corrected chi connectivity index (χ4v) is 6.77. The minimum absolute atomic E-state index is 0.243. The molecule has 0 fully saturated rings. The first-order valence-electron chi connectivity index (χ1n) is 11.5. The van der Waals surface area contributed by atoms with Crippen molar-refractivity contribution < 1.29 is 9.18 Å². The van der Waals surface area contributed by atoms with E-state index in [-0.39, 0.29) is 11.8 Å². The predicted molar refractivity (Wildman–Crippen MR) is 135 cm³/mol. The molecule has 3 heterocycles. The van der Waals surface area contributed by atoms with E-state index in [9.17, 15) is 9.18 Å². The van der Waals surface area contributed by atoms with E-state index in [1.54, 1.807) is 18.2 Å². The molecule has 172 valence electrons. The molecule has 4 aromatic rings. The van der Waals surface area contributed by atoms with Gasteiger partial charge in [-0.25, -0.2) is 9.18 Å². The predicted octanol–water partition coefficient (Wildman–Crippen LogP) is 7.35. The number of carbonyl (C=O) groups excluding carboxylic acids is 1. The van der Waals surface area contributed by atoms with E-state index in [0.29, 0.717) is 17.3 Å². The van der Waals surface area contributed by atoms with E-state index in [4.69, 9.17) is 11.6 Å². The molecule has 0 bridgehead atoms. The summed E-state index contributed by atoms with van der Waals surface area (Å²) in [7, 11) is 0. The Bertz CT molecular complexity index is 1390. The van der Waals surface area contributed by atoms with Crippen LogP contribution in [0.2, 0.25) is 5.02 Å². The van der Waals surface area contributed by atoms with Crippen LogP contribution in [0.1, 0.15) is 46.1 Å². The zero-order valence-electron chi connectivity index (χ0n) is 18.4. The summed E-state index contributed by atoms with van der Waals surface area (Å²) in [5, 5.41) is 4.75. The average Bonchev–Trinajstić information content (AvgIpc) is 3.41. The number of nitrogens with one attached hydrogen (secondary N) is 1. The molecule has 2 aromatic carbocycles. The third-order valence-corrected chi connectivity index (χ3v) is 8.25. The number of nitrogens with zero attached hydrogens (tertiary/aromatic N) is 2. The number of hydrogen-bond acceptors (Lipinski definition) is 2. The van der Waals surface area contributed by atoms with Crippen molar-refractivity contribution in [1.82, 2.24) is 9.47 Å². The standard InChI is InChI=1S/C27H23ClFN3OS/c28-18-7-4-9-20(15-18)30-27(33)32-16-22-21-10-1-2-12-24(21)34-26(22)31-13-5-11-23(31)25(32)17-6-3-8-19(29)14-17/h3-9,11,13-15,25H,1-2,10,12,16H2,(H,30,33)/t25-/m1/s1. The summed E-state index contributed by atoms with van der Waals surface area (Å²) in [6.45, 7) is 0.455. The Morgan fingerprint density at radius 2 is 1.88 bits per heavy atom. The van der Waals surface area contributed by atoms with Crippen LogP contribution in [0.15, 0.2) is 66.9 Å². The molecule has 1 atom stereocenters. The molecule has 2 amide bonds. The molecule has 0 saturated carbocycles. The monoisotopic (exact) mass is 491 g/mol. The number of amides is 2. The van der Waals surface area contributed by atoms with Gasteiger partial charge in [0.1, 0.15) is 10.8 Å². The molecule has 0 saturated heterocycles. The van der Waals surface area contributed by atoms with Crippen LogP contribution in [-0.2, 0) is 19.4 Å². The number of fused-ring (bicyclic) bond motifs is 5. The molecular formula is C27H23ClFN3OS. The molecule has 7 heteroatoms. The number of benzene rings is 2. The van der Waals surface area contributed by atoms with Crippen LogP contribution in [0.3, 0.4) is 0 Å². The highest BCUT2D eigenvalue weighted by atomic mass is 35.5. The molecule has 0 unspecified atom stereocenters. The van der Waals surface area contributed by atoms with Gasteiger partial charge in [-0.3, -0.25) is 0 Å². The first-order chi connectivity index (χ1) is 16.6. The topological polar surface area (TPSA) is 37.3 Å². The first-order valence-corrected chi connectivity index (χ1v) is 12.7. The fourth-order valence-electron chi connectivity index (χ4n) is 5.18. The molecule has 34 heavy (non-hydrogen) atoms. The van der Waals surface area contributed by atoms with Crippen molar-refractivity contribution in [3.63, 3.8) is 0 Å². The lowest BCUT2D eigenvalue weighted by atomic mass is 9.95. The molecular weight excluding hydrogens is 469 g/mol. The van der Waals surface area contributed by atoms with Crippen LogP contribution in [0.25, 0.3) is 5.00 Å². The molecule has 2 aromatic heterocycles. The zero-order valence-corrected chi connectivity index (χ0v) is 20.0. The highest BCUT2D eigenvalue weighted by Crippen LogP contribution is 2.44. The highest BCUT2D eigenvalue weighted by Gasteiger charge is 2.36. The first kappa shape index (κ1) is 21.4. The van der Waals surface area contributed by atoms with Gasteiger partial charge in [-0.2, -0.15) is 0 Å². The third-order valence-electron chi connectivity index (χ3n) is 6.68. The van der Waals surface area contributed by atoms with Crippen molar-refractivity contribution in [1.29, 1.82) is 0 Å². The Hall–Kier alpha value is -3.09. The number of anilines is 1. The smallest absolute Gasteiger partial charge is 0.310 e. The minimum Gasteiger partial charge on any atom is -0.310 e. The van der Waals surface area contributed by atoms with Crippen LogP contribution in [0.5, 0.6) is 0 Å². The number of rotatable bonds is 2. The molecule has 1 aliphatic carbocycles. The summed E-state index contributed by atoms with van der Waals surface area (Å²) in [6, 6.07) is 17.0. The summed E-state index contributed by atoms with van der Waals surface area (Å²) in [4.78, 5) is 17.1. The Morgan fingerprint density at radius 3 is 2.74 bits per heavy atom. The summed E-state index contributed by atoms with van der Waals surface area (Å²) in [6.07, 6.45) is 6.55. The quantitative estimate of drug-likeness (QED) is 0.313. The third kappa shape index (κ3) is 3.71. The van der Waals surface area contributed by atoms with Gasteiger partial charge in [0.2, 0.25) is 0 Å². The maximum atomic E-state index is 14.3. The van der Waals surface area contributed by atoms with Crippen molar-refractivity contribution in [2.45, 2.75) is 38.3 Å². The van der Waals surface area contributed by atoms with Crippen LogP contribution in [-0.4, -0.2) is 15.5 Å². The van der Waals surface area contributed by atoms with Gasteiger partial charge in [0, 0.05) is 27.3 Å². The van der Waals surface area contributed by atoms with Gasteiger partial charge in [-0.1, -0.05) is 29.8 Å². The molecule has 6 rings (SSSR count). The Kier molecular flexibility index (Phi) is 5.42. The van der Waals surface area contributed by atoms with Gasteiger partial charge < -0.3 is 14.8 Å². The number of aryl methyl sites for hydroxylation is 1. The molecule has 1 N–H and O–H groups in total. The van der Waals surface area contributed by atoms with E-state index in [1.807, 2.05) is 46.6 Å². The number of aromatic nitrogens is 1. The number of hydrogen-bond donors (Lipinski definition) is 1. The van der Waals surface area contributed by atoms with E-state index < -0.39 is 6.04 Å². The van der Waals surface area contributed by atoms with Crippen LogP contribution in [0, 0.1) is 5.82 Å². The van der Waals surface area contributed by atoms with Gasteiger partial charge in [-0.05, 0) is 79.3 Å². The summed E-state index contributed by atoms with van der Waals surface area (Å²) in [5.74, 6) is -0.317. The van der Waals surface area contributed by atoms with Crippen molar-refractivity contribution in [2.24, 2.45) is 0 Å². The van der Waals surface area contributed by atoms with Crippen LogP contribution >= 0.6 is 22.9 Å². The summed E-state index contributed by atoms with van der Waals surface area (Å²) >= 11 is 7.99. The van der Waals surface area contributed by atoms with Crippen molar-refractivity contribution in [3.8, 4) is 5.00 Å². The number of thiophene rings is 1. The second kappa shape index (κ2) is 8.60. The minimum atomic E-state index is -0.441. The lowest BCUT2D eigenvalue weighted by molar-refractivity contribution is 0.194. The Morgan fingerprint density at radius 1 is 1.03 bits per heavy atom. The lowest BCUT2D eigenvalue weighted by Gasteiger charge is -2.31. The molecule has 0 radical (unpaired) electrons. The lowest BCUT2D eigenvalue weighted by Crippen LogP contribution is -2.38. The van der Waals surface area contributed by atoms with Crippen molar-refractivity contribution >= 4 is 34.7 Å². The van der Waals surface area contributed by atoms with Gasteiger partial charge in [0.25, 0.3) is 0 Å². The normalized spacial score (nSPS) is 16.9. The van der Waals surface area contributed by atoms with E-state index >= 15 is 0 Å². The van der Waals surface area contributed by atoms with Crippen molar-refractivity contribution in [2.75, 3.05) is 5.32 Å². The fraction of sp³-hybridized carbons (Fsp3) is 0.222.